The molecule has 4 heterocycles. The zero-order valence-electron chi connectivity index (χ0n) is 36.1. The van der Waals surface area contributed by atoms with E-state index in [0.717, 1.165) is 40.6 Å². The quantitative estimate of drug-likeness (QED) is 0.0610. The highest BCUT2D eigenvalue weighted by atomic mass is 32.2. The minimum absolute atomic E-state index is 0.0808. The number of alkyl carbamates (subject to hydrolysis) is 1. The number of fused-ring (bicyclic) bond motifs is 1. The molecular formula is C47H46F2N10O6S. The van der Waals surface area contributed by atoms with Crippen LogP contribution in [0, 0.1) is 11.6 Å². The molecule has 6 aromatic rings. The molecule has 1 fully saturated rings. The fraction of sp³-hybridized carbons (Fsp3) is 0.255. The van der Waals surface area contributed by atoms with E-state index in [0.29, 0.717) is 59.7 Å². The number of piperidine rings is 1. The number of rotatable bonds is 14. The molecule has 4 amide bonds. The largest absolute Gasteiger partial charge is 0.457 e. The number of nitrogens with two attached hydrogens (primary N) is 1. The Morgan fingerprint density at radius 3 is 2.45 bits per heavy atom. The Labute approximate surface area is 383 Å². The second kappa shape index (κ2) is 19.8. The molecule has 1 saturated heterocycles. The van der Waals surface area contributed by atoms with Gasteiger partial charge in [-0.2, -0.15) is 15.2 Å². The number of nitrogens with one attached hydrogen (secondary N) is 1. The lowest BCUT2D eigenvalue weighted by molar-refractivity contribution is -0.129. The normalized spacial score (nSPS) is 17.0. The lowest BCUT2D eigenvalue weighted by Gasteiger charge is -2.37. The van der Waals surface area contributed by atoms with Crippen molar-refractivity contribution in [2.75, 3.05) is 46.1 Å². The number of hydrazone groups is 1. The highest BCUT2D eigenvalue weighted by Crippen LogP contribution is 2.51. The molecular weight excluding hydrogens is 871 g/mol. The van der Waals surface area contributed by atoms with E-state index < -0.39 is 28.6 Å². The van der Waals surface area contributed by atoms with Crippen molar-refractivity contribution in [3.63, 3.8) is 0 Å². The van der Waals surface area contributed by atoms with Crippen molar-refractivity contribution in [3.8, 4) is 22.8 Å². The molecule has 4 aromatic carbocycles. The van der Waals surface area contributed by atoms with Crippen molar-refractivity contribution in [1.29, 1.82) is 0 Å². The standard InChI is InChI=1S/C47H46F2N10O6S/c1-30(28-64-45(61)51-24-11-23-47(32-12-6-4-7-13-32)59(46(62)56(2)63-3)55-43(66-47)37-26-33(48)19-22-38(37)49)44(60)57-25-10-14-34(27-57)58-42-39(41(50)52-29-53-42)40(54-58)31-17-20-36(21-18-31)65-35-15-8-5-9-16-35/h4-9,12-13,15-22,26,29,34H,1,10-11,14,23-25,27-28H2,2-3H3,(H,51,61)(H2,50,52,53)/t34-,47+/m1/s1. The number of hydrogen-bond acceptors (Lipinski definition) is 12. The summed E-state index contributed by atoms with van der Waals surface area (Å²) in [6.07, 6.45) is 2.48. The van der Waals surface area contributed by atoms with E-state index in [1.165, 1.54) is 25.5 Å². The Morgan fingerprint density at radius 1 is 0.985 bits per heavy atom. The van der Waals surface area contributed by atoms with Crippen LogP contribution in [0.1, 0.15) is 42.9 Å². The molecule has 66 heavy (non-hydrogen) atoms. The van der Waals surface area contributed by atoms with Gasteiger partial charge in [0.15, 0.2) is 5.65 Å². The van der Waals surface area contributed by atoms with Gasteiger partial charge in [-0.3, -0.25) is 9.63 Å². The van der Waals surface area contributed by atoms with E-state index in [9.17, 15) is 18.8 Å². The number of nitrogen functional groups attached to an aromatic ring is 1. The molecule has 2 aromatic heterocycles. The number of aromatic nitrogens is 4. The fourth-order valence-corrected chi connectivity index (χ4v) is 9.27. The first-order valence-corrected chi connectivity index (χ1v) is 21.9. The van der Waals surface area contributed by atoms with Gasteiger partial charge in [-0.15, -0.1) is 0 Å². The number of carbonyl (C=O) groups is 3. The van der Waals surface area contributed by atoms with E-state index in [4.69, 9.17) is 25.1 Å². The molecule has 2 aliphatic heterocycles. The highest BCUT2D eigenvalue weighted by molar-refractivity contribution is 8.15. The molecule has 3 N–H and O–H groups in total. The number of benzene rings is 4. The van der Waals surface area contributed by atoms with Gasteiger partial charge >= 0.3 is 12.1 Å². The zero-order valence-corrected chi connectivity index (χ0v) is 36.9. The van der Waals surface area contributed by atoms with Gasteiger partial charge in [-0.1, -0.05) is 66.9 Å². The van der Waals surface area contributed by atoms with E-state index in [1.807, 2.05) is 60.7 Å². The minimum Gasteiger partial charge on any atom is -0.457 e. The highest BCUT2D eigenvalue weighted by Gasteiger charge is 2.50. The molecule has 0 spiro atoms. The lowest BCUT2D eigenvalue weighted by Crippen LogP contribution is -2.47. The van der Waals surface area contributed by atoms with E-state index in [-0.39, 0.29) is 59.9 Å². The fourth-order valence-electron chi connectivity index (χ4n) is 7.86. The predicted molar refractivity (Wildman–Crippen MR) is 245 cm³/mol. The molecule has 0 bridgehead atoms. The Hall–Kier alpha value is -7.38. The van der Waals surface area contributed by atoms with Crippen LogP contribution in [0.4, 0.5) is 24.2 Å². The van der Waals surface area contributed by atoms with Crippen molar-refractivity contribution in [1.82, 2.24) is 40.0 Å². The van der Waals surface area contributed by atoms with Gasteiger partial charge in [0.2, 0.25) is 0 Å². The van der Waals surface area contributed by atoms with Crippen molar-refractivity contribution in [2.45, 2.75) is 36.6 Å². The molecule has 8 rings (SSSR count). The maximum Gasteiger partial charge on any atom is 0.407 e. The molecule has 0 aliphatic carbocycles. The number of halogens is 2. The maximum atomic E-state index is 15.1. The number of amides is 4. The summed E-state index contributed by atoms with van der Waals surface area (Å²) in [5, 5.41) is 15.0. The van der Waals surface area contributed by atoms with Gasteiger partial charge in [0.05, 0.1) is 18.5 Å². The van der Waals surface area contributed by atoms with Crippen LogP contribution >= 0.6 is 11.8 Å². The number of hydrogen-bond donors (Lipinski definition) is 2. The topological polar surface area (TPSA) is 183 Å². The van der Waals surface area contributed by atoms with Crippen LogP contribution < -0.4 is 15.8 Å². The van der Waals surface area contributed by atoms with Crippen LogP contribution in [-0.4, -0.2) is 98.2 Å². The van der Waals surface area contributed by atoms with Gasteiger partial charge in [-0.05, 0) is 85.8 Å². The number of ether oxygens (including phenoxy) is 2. The molecule has 0 saturated carbocycles. The molecule has 0 unspecified atom stereocenters. The number of nitrogens with zero attached hydrogens (tertiary/aromatic N) is 8. The Balaban J connectivity index is 0.889. The third-order valence-electron chi connectivity index (χ3n) is 11.2. The van der Waals surface area contributed by atoms with Gasteiger partial charge in [0.25, 0.3) is 5.91 Å². The van der Waals surface area contributed by atoms with Crippen LogP contribution in [-0.2, 0) is 19.2 Å². The Bertz CT molecular complexity index is 2780. The predicted octanol–water partition coefficient (Wildman–Crippen LogP) is 8.25. The van der Waals surface area contributed by atoms with E-state index >= 15 is 4.39 Å². The molecule has 340 valence electrons. The van der Waals surface area contributed by atoms with Crippen LogP contribution in [0.15, 0.2) is 127 Å². The average Bonchev–Trinajstić information content (AvgIpc) is 3.94. The first-order chi connectivity index (χ1) is 31.9. The third-order valence-corrected chi connectivity index (χ3v) is 12.6. The number of likely N-dealkylation sites (tertiary alicyclic amines) is 1. The maximum absolute atomic E-state index is 15.1. The number of para-hydroxylation sites is 1. The summed E-state index contributed by atoms with van der Waals surface area (Å²) in [5.41, 5.74) is 8.95. The minimum atomic E-state index is -1.24. The van der Waals surface area contributed by atoms with Crippen molar-refractivity contribution in [2.24, 2.45) is 5.10 Å². The SMILES string of the molecule is C=C(COC(=O)NCCC[C@@]1(c2ccccc2)SC(c2cc(F)ccc2F)=NN1C(=O)N(C)OC)C(=O)N1CCC[C@@H](n2nc(-c3ccc(Oc4ccccc4)cc3)c3c(N)ncnc32)C1. The first kappa shape index (κ1) is 45.2. The van der Waals surface area contributed by atoms with Gasteiger partial charge < -0.3 is 25.4 Å². The summed E-state index contributed by atoms with van der Waals surface area (Å²) < 4.78 is 42.6. The number of hydroxylamine groups is 2. The summed E-state index contributed by atoms with van der Waals surface area (Å²) in [5.74, 6) is -0.101. The summed E-state index contributed by atoms with van der Waals surface area (Å²) in [7, 11) is 2.73. The van der Waals surface area contributed by atoms with Crippen LogP contribution in [0.5, 0.6) is 11.5 Å². The Kier molecular flexibility index (Phi) is 13.6. The average molecular weight is 917 g/mol. The monoisotopic (exact) mass is 916 g/mol. The molecule has 0 radical (unpaired) electrons. The number of carbonyl (C=O) groups excluding carboxylic acids is 3. The zero-order chi connectivity index (χ0) is 46.4. The second-order valence-electron chi connectivity index (χ2n) is 15.5. The summed E-state index contributed by atoms with van der Waals surface area (Å²) in [6.45, 7) is 4.43. The van der Waals surface area contributed by atoms with E-state index in [1.54, 1.807) is 33.8 Å². The van der Waals surface area contributed by atoms with Gasteiger partial charge in [0.1, 0.15) is 57.5 Å². The lowest BCUT2D eigenvalue weighted by atomic mass is 10.0. The van der Waals surface area contributed by atoms with E-state index in [2.05, 4.69) is 27.0 Å². The van der Waals surface area contributed by atoms with Crippen molar-refractivity contribution < 1.29 is 37.5 Å². The summed E-state index contributed by atoms with van der Waals surface area (Å²) in [4.78, 5) is 54.8. The molecule has 2 aliphatic rings. The molecule has 16 nitrogen and oxygen atoms in total. The first-order valence-electron chi connectivity index (χ1n) is 21.1. The van der Waals surface area contributed by atoms with Crippen molar-refractivity contribution in [3.05, 3.63) is 144 Å². The second-order valence-corrected chi connectivity index (χ2v) is 16.8. The van der Waals surface area contributed by atoms with Crippen LogP contribution in [0.2, 0.25) is 0 Å². The van der Waals surface area contributed by atoms with Gasteiger partial charge in [0, 0.05) is 43.4 Å². The van der Waals surface area contributed by atoms with Crippen LogP contribution in [0.25, 0.3) is 22.3 Å². The van der Waals surface area contributed by atoms with Crippen molar-refractivity contribution >= 4 is 51.7 Å². The number of anilines is 1. The Morgan fingerprint density at radius 2 is 1.71 bits per heavy atom. The third kappa shape index (κ3) is 9.52. The van der Waals surface area contributed by atoms with Gasteiger partial charge in [-0.25, -0.2) is 38.1 Å². The molecule has 19 heteroatoms. The number of urea groups is 1. The summed E-state index contributed by atoms with van der Waals surface area (Å²) >= 11 is 1.09. The van der Waals surface area contributed by atoms with Crippen LogP contribution in [0.3, 0.4) is 0 Å². The smallest absolute Gasteiger partial charge is 0.407 e. The molecule has 2 atom stereocenters. The number of thioether (sulfide) groups is 1. The summed E-state index contributed by atoms with van der Waals surface area (Å²) in [6, 6.07) is 28.1.